The molecule has 0 bridgehead atoms. The van der Waals surface area contributed by atoms with Crippen molar-refractivity contribution in [2.45, 2.75) is 25.3 Å². The fourth-order valence-corrected chi connectivity index (χ4v) is 4.23. The first kappa shape index (κ1) is 19.3. The first-order valence-electron chi connectivity index (χ1n) is 10.1. The zero-order chi connectivity index (χ0) is 20.4. The van der Waals surface area contributed by atoms with Gasteiger partial charge in [-0.05, 0) is 50.1 Å². The number of hydrogen-bond donors (Lipinski definition) is 1. The van der Waals surface area contributed by atoms with E-state index in [2.05, 4.69) is 5.32 Å². The lowest BCUT2D eigenvalue weighted by Gasteiger charge is -2.24. The Morgan fingerprint density at radius 1 is 1.07 bits per heavy atom. The summed E-state index contributed by atoms with van der Waals surface area (Å²) in [6.07, 6.45) is 2.56. The molecule has 2 aromatic carbocycles. The summed E-state index contributed by atoms with van der Waals surface area (Å²) in [4.78, 5) is 41.7. The zero-order valence-electron chi connectivity index (χ0n) is 16.6. The van der Waals surface area contributed by atoms with E-state index < -0.39 is 0 Å². The van der Waals surface area contributed by atoms with Gasteiger partial charge in [0.25, 0.3) is 17.7 Å². The van der Waals surface area contributed by atoms with Crippen LogP contribution in [0.15, 0.2) is 48.5 Å². The molecule has 1 saturated heterocycles. The van der Waals surface area contributed by atoms with Gasteiger partial charge in [-0.3, -0.25) is 19.3 Å². The molecule has 2 aliphatic rings. The third kappa shape index (κ3) is 3.68. The highest BCUT2D eigenvalue weighted by atomic mass is 16.2. The van der Waals surface area contributed by atoms with Crippen molar-refractivity contribution >= 4 is 17.7 Å². The van der Waals surface area contributed by atoms with Crippen LogP contribution in [0.25, 0.3) is 0 Å². The van der Waals surface area contributed by atoms with E-state index >= 15 is 0 Å². The van der Waals surface area contributed by atoms with Gasteiger partial charge < -0.3 is 10.2 Å². The number of fused-ring (bicyclic) bond motifs is 1. The SMILES string of the molecule is CNCC1CCCN1C(=O)c1ccc2c(c1)C(=O)N(CCc1ccccc1)C2=O. The summed E-state index contributed by atoms with van der Waals surface area (Å²) in [5.41, 5.74) is 2.26. The van der Waals surface area contributed by atoms with Crippen LogP contribution in [0.2, 0.25) is 0 Å². The van der Waals surface area contributed by atoms with Crippen molar-refractivity contribution in [2.75, 3.05) is 26.7 Å². The number of carbonyl (C=O) groups excluding carboxylic acids is 3. The Hall–Kier alpha value is -2.99. The van der Waals surface area contributed by atoms with Crippen molar-refractivity contribution in [3.8, 4) is 0 Å². The van der Waals surface area contributed by atoms with Crippen LogP contribution >= 0.6 is 0 Å². The van der Waals surface area contributed by atoms with E-state index in [1.54, 1.807) is 18.2 Å². The summed E-state index contributed by atoms with van der Waals surface area (Å²) < 4.78 is 0. The van der Waals surface area contributed by atoms with Crippen LogP contribution in [-0.2, 0) is 6.42 Å². The first-order valence-corrected chi connectivity index (χ1v) is 10.1. The number of nitrogens with zero attached hydrogens (tertiary/aromatic N) is 2. The first-order chi connectivity index (χ1) is 14.1. The van der Waals surface area contributed by atoms with Gasteiger partial charge in [-0.25, -0.2) is 0 Å². The Balaban J connectivity index is 1.51. The van der Waals surface area contributed by atoms with E-state index in [0.717, 1.165) is 31.5 Å². The van der Waals surface area contributed by atoms with Gasteiger partial charge in [0.1, 0.15) is 0 Å². The molecule has 0 radical (unpaired) electrons. The molecule has 1 fully saturated rings. The van der Waals surface area contributed by atoms with E-state index in [0.29, 0.717) is 29.7 Å². The summed E-state index contributed by atoms with van der Waals surface area (Å²) in [6.45, 7) is 1.80. The fourth-order valence-electron chi connectivity index (χ4n) is 4.23. The van der Waals surface area contributed by atoms with Crippen LogP contribution < -0.4 is 5.32 Å². The average molecular weight is 391 g/mol. The van der Waals surface area contributed by atoms with Crippen LogP contribution in [0, 0.1) is 0 Å². The second-order valence-corrected chi connectivity index (χ2v) is 7.61. The number of likely N-dealkylation sites (tertiary alicyclic amines) is 1. The van der Waals surface area contributed by atoms with Gasteiger partial charge in [-0.15, -0.1) is 0 Å². The summed E-state index contributed by atoms with van der Waals surface area (Å²) in [6, 6.07) is 14.8. The van der Waals surface area contributed by atoms with Crippen LogP contribution in [0.4, 0.5) is 0 Å². The molecule has 1 unspecified atom stereocenters. The molecule has 0 spiro atoms. The maximum atomic E-state index is 13.0. The van der Waals surface area contributed by atoms with Gasteiger partial charge in [0.05, 0.1) is 11.1 Å². The lowest BCUT2D eigenvalue weighted by Crippen LogP contribution is -2.40. The van der Waals surface area contributed by atoms with Crippen LogP contribution in [0.5, 0.6) is 0 Å². The molecule has 2 aromatic rings. The molecule has 0 saturated carbocycles. The van der Waals surface area contributed by atoms with Crippen LogP contribution in [-0.4, -0.2) is 60.2 Å². The molecule has 29 heavy (non-hydrogen) atoms. The van der Waals surface area contributed by atoms with Crippen molar-refractivity contribution in [3.05, 3.63) is 70.8 Å². The van der Waals surface area contributed by atoms with Gasteiger partial charge in [0.15, 0.2) is 0 Å². The maximum Gasteiger partial charge on any atom is 0.261 e. The predicted molar refractivity (Wildman–Crippen MR) is 110 cm³/mol. The number of imide groups is 1. The number of likely N-dealkylation sites (N-methyl/N-ethyl adjacent to an activating group) is 1. The molecule has 2 aliphatic heterocycles. The Morgan fingerprint density at radius 3 is 2.59 bits per heavy atom. The van der Waals surface area contributed by atoms with Gasteiger partial charge in [-0.1, -0.05) is 30.3 Å². The van der Waals surface area contributed by atoms with Gasteiger partial charge >= 0.3 is 0 Å². The topological polar surface area (TPSA) is 69.7 Å². The molecular formula is C23H25N3O3. The van der Waals surface area contributed by atoms with E-state index in [9.17, 15) is 14.4 Å². The molecule has 1 N–H and O–H groups in total. The van der Waals surface area contributed by atoms with E-state index in [1.165, 1.54) is 4.90 Å². The van der Waals surface area contributed by atoms with Crippen LogP contribution in [0.3, 0.4) is 0 Å². The highest BCUT2D eigenvalue weighted by Gasteiger charge is 2.36. The normalized spacial score (nSPS) is 18.4. The van der Waals surface area contributed by atoms with E-state index in [1.807, 2.05) is 42.3 Å². The molecule has 1 atom stereocenters. The number of amides is 3. The minimum atomic E-state index is -0.316. The third-order valence-electron chi connectivity index (χ3n) is 5.76. The molecule has 0 aliphatic carbocycles. The Bertz CT molecular complexity index is 942. The van der Waals surface area contributed by atoms with Crippen molar-refractivity contribution in [1.82, 2.24) is 15.1 Å². The predicted octanol–water partition coefficient (Wildman–Crippen LogP) is 2.35. The molecule has 150 valence electrons. The lowest BCUT2D eigenvalue weighted by molar-refractivity contribution is 0.0655. The zero-order valence-corrected chi connectivity index (χ0v) is 16.6. The monoisotopic (exact) mass is 391 g/mol. The quantitative estimate of drug-likeness (QED) is 0.768. The number of benzene rings is 2. The van der Waals surface area contributed by atoms with Crippen LogP contribution in [0.1, 0.15) is 49.5 Å². The summed E-state index contributed by atoms with van der Waals surface area (Å²) in [7, 11) is 1.88. The van der Waals surface area contributed by atoms with Crippen molar-refractivity contribution < 1.29 is 14.4 Å². The standard InChI is InChI=1S/C23H25N3O3/c1-24-15-18-8-5-12-25(18)21(27)17-9-10-19-20(14-17)23(29)26(22(19)28)13-11-16-6-3-2-4-7-16/h2-4,6-7,9-10,14,18,24H,5,8,11-13,15H2,1H3. The second-order valence-electron chi connectivity index (χ2n) is 7.61. The third-order valence-corrected chi connectivity index (χ3v) is 5.76. The average Bonchev–Trinajstić information content (AvgIpc) is 3.30. The van der Waals surface area contributed by atoms with E-state index in [4.69, 9.17) is 0 Å². The minimum Gasteiger partial charge on any atom is -0.334 e. The van der Waals surface area contributed by atoms with Gasteiger partial charge in [0.2, 0.25) is 0 Å². The molecule has 0 aromatic heterocycles. The molecule has 2 heterocycles. The molecule has 6 nitrogen and oxygen atoms in total. The largest absolute Gasteiger partial charge is 0.334 e. The fraction of sp³-hybridized carbons (Fsp3) is 0.348. The number of carbonyl (C=O) groups is 3. The maximum absolute atomic E-state index is 13.0. The number of rotatable bonds is 6. The highest BCUT2D eigenvalue weighted by Crippen LogP contribution is 2.26. The Kier molecular flexibility index (Phi) is 5.45. The minimum absolute atomic E-state index is 0.0754. The molecule has 4 rings (SSSR count). The number of hydrogen-bond acceptors (Lipinski definition) is 4. The lowest BCUT2D eigenvalue weighted by atomic mass is 10.0. The van der Waals surface area contributed by atoms with Crippen molar-refractivity contribution in [1.29, 1.82) is 0 Å². The highest BCUT2D eigenvalue weighted by molar-refractivity contribution is 6.22. The van der Waals surface area contributed by atoms with Gasteiger partial charge in [0, 0.05) is 31.2 Å². The molecular weight excluding hydrogens is 366 g/mol. The second kappa shape index (κ2) is 8.17. The Labute approximate surface area is 170 Å². The summed E-state index contributed by atoms with van der Waals surface area (Å²) >= 11 is 0. The van der Waals surface area contributed by atoms with Gasteiger partial charge in [-0.2, -0.15) is 0 Å². The van der Waals surface area contributed by atoms with Crippen molar-refractivity contribution in [2.24, 2.45) is 0 Å². The summed E-state index contributed by atoms with van der Waals surface area (Å²) in [5, 5.41) is 3.13. The Morgan fingerprint density at radius 2 is 1.83 bits per heavy atom. The van der Waals surface area contributed by atoms with Crippen molar-refractivity contribution in [3.63, 3.8) is 0 Å². The van der Waals surface area contributed by atoms with E-state index in [-0.39, 0.29) is 23.8 Å². The molecule has 3 amide bonds. The number of nitrogens with one attached hydrogen (secondary N) is 1. The molecule has 6 heteroatoms. The summed E-state index contributed by atoms with van der Waals surface area (Å²) in [5.74, 6) is -0.675. The smallest absolute Gasteiger partial charge is 0.261 e.